The largest absolute Gasteiger partial charge is 0.490 e. The van der Waals surface area contributed by atoms with Crippen molar-refractivity contribution in [1.29, 1.82) is 0 Å². The molecule has 0 spiro atoms. The zero-order valence-electron chi connectivity index (χ0n) is 16.8. The Bertz CT molecular complexity index is 743. The van der Waals surface area contributed by atoms with Gasteiger partial charge in [0.2, 0.25) is 0 Å². The highest BCUT2D eigenvalue weighted by Crippen LogP contribution is 2.51. The van der Waals surface area contributed by atoms with Crippen molar-refractivity contribution in [2.24, 2.45) is 5.92 Å². The fraction of sp³-hybridized carbons (Fsp3) is 0.600. The van der Waals surface area contributed by atoms with Gasteiger partial charge in [-0.25, -0.2) is 0 Å². The number of esters is 1. The van der Waals surface area contributed by atoms with E-state index in [4.69, 9.17) is 31.2 Å². The molecule has 0 aliphatic carbocycles. The van der Waals surface area contributed by atoms with E-state index in [1.54, 1.807) is 14.0 Å². The molecule has 2 heterocycles. The van der Waals surface area contributed by atoms with Gasteiger partial charge in [-0.05, 0) is 45.5 Å². The Hall–Kier alpha value is -2.06. The van der Waals surface area contributed by atoms with Gasteiger partial charge in [-0.3, -0.25) is 4.79 Å². The van der Waals surface area contributed by atoms with E-state index in [1.807, 2.05) is 36.9 Å². The van der Waals surface area contributed by atoms with Crippen LogP contribution in [-0.2, 0) is 14.3 Å². The summed E-state index contributed by atoms with van der Waals surface area (Å²) >= 11 is 5.63. The van der Waals surface area contributed by atoms with E-state index in [2.05, 4.69) is 5.32 Å². The van der Waals surface area contributed by atoms with E-state index in [-0.39, 0.29) is 12.0 Å². The smallest absolute Gasteiger partial charge is 0.317 e. The summed E-state index contributed by atoms with van der Waals surface area (Å²) in [5, 5.41) is 3.90. The Morgan fingerprint density at radius 1 is 1.36 bits per heavy atom. The predicted molar refractivity (Wildman–Crippen MR) is 108 cm³/mol. The molecule has 0 unspecified atom stereocenters. The molecule has 0 aromatic heterocycles. The second-order valence-corrected chi connectivity index (χ2v) is 7.31. The summed E-state index contributed by atoms with van der Waals surface area (Å²) in [6.07, 6.45) is 0.747. The third-order valence-electron chi connectivity index (χ3n) is 5.19. The van der Waals surface area contributed by atoms with Crippen LogP contribution in [0.2, 0.25) is 0 Å². The molecule has 1 aromatic rings. The number of benzene rings is 1. The molecular formula is C20H28N2O5S. The van der Waals surface area contributed by atoms with E-state index >= 15 is 0 Å². The molecule has 1 saturated heterocycles. The molecular weight excluding hydrogens is 380 g/mol. The number of hydrogen-bond acceptors (Lipinski definition) is 6. The normalized spacial score (nSPS) is 25.4. The Labute approximate surface area is 171 Å². The fourth-order valence-electron chi connectivity index (χ4n) is 3.99. The van der Waals surface area contributed by atoms with Gasteiger partial charge in [-0.15, -0.1) is 0 Å². The molecule has 3 atom stereocenters. The van der Waals surface area contributed by atoms with Crippen molar-refractivity contribution in [3.05, 3.63) is 23.8 Å². The van der Waals surface area contributed by atoms with E-state index in [9.17, 15) is 4.79 Å². The van der Waals surface area contributed by atoms with Crippen molar-refractivity contribution in [3.63, 3.8) is 0 Å². The molecule has 0 radical (unpaired) electrons. The van der Waals surface area contributed by atoms with Crippen molar-refractivity contribution in [2.75, 3.05) is 33.5 Å². The second kappa shape index (κ2) is 8.53. The number of para-hydroxylation sites is 1. The van der Waals surface area contributed by atoms with Gasteiger partial charge in [0, 0.05) is 25.8 Å². The summed E-state index contributed by atoms with van der Waals surface area (Å²) in [6.45, 7) is 7.62. The van der Waals surface area contributed by atoms with E-state index in [1.165, 1.54) is 0 Å². The number of fused-ring (bicyclic) bond motifs is 4. The number of nitrogens with zero attached hydrogens (tertiary/aromatic N) is 1. The van der Waals surface area contributed by atoms with Crippen molar-refractivity contribution in [3.8, 4) is 11.5 Å². The molecule has 2 bridgehead atoms. The van der Waals surface area contributed by atoms with Crippen molar-refractivity contribution in [2.45, 2.75) is 39.0 Å². The van der Waals surface area contributed by atoms with Gasteiger partial charge < -0.3 is 29.2 Å². The van der Waals surface area contributed by atoms with Crippen LogP contribution < -0.4 is 14.8 Å². The van der Waals surface area contributed by atoms with E-state index < -0.39 is 11.6 Å². The maximum Gasteiger partial charge on any atom is 0.317 e. The number of hydrogen-bond donors (Lipinski definition) is 1. The van der Waals surface area contributed by atoms with Gasteiger partial charge in [0.15, 0.2) is 22.3 Å². The Morgan fingerprint density at radius 3 is 2.82 bits per heavy atom. The molecule has 1 fully saturated rings. The molecule has 3 rings (SSSR count). The van der Waals surface area contributed by atoms with Crippen molar-refractivity contribution in [1.82, 2.24) is 10.2 Å². The first-order valence-corrected chi connectivity index (χ1v) is 10.1. The van der Waals surface area contributed by atoms with Crippen LogP contribution in [0.15, 0.2) is 18.2 Å². The first kappa shape index (κ1) is 20.7. The second-order valence-electron chi connectivity index (χ2n) is 6.92. The van der Waals surface area contributed by atoms with Gasteiger partial charge in [0.25, 0.3) is 0 Å². The minimum absolute atomic E-state index is 0.304. The van der Waals surface area contributed by atoms with Crippen LogP contribution in [0.25, 0.3) is 0 Å². The van der Waals surface area contributed by atoms with Crippen LogP contribution >= 0.6 is 12.2 Å². The van der Waals surface area contributed by atoms with Crippen LogP contribution in [0, 0.1) is 5.92 Å². The van der Waals surface area contributed by atoms with Crippen LogP contribution in [0.4, 0.5) is 0 Å². The lowest BCUT2D eigenvalue weighted by Gasteiger charge is -2.55. The molecule has 1 N–H and O–H groups in total. The standard InChI is InChI=1S/C20H28N2O5S/c1-5-25-14-10-7-9-13-16-15(18(23)26-6-2)20(3,27-17(13)14)22(19(28)21-16)11-8-12-24-4/h7,9-10,15-16H,5-6,8,11-12H2,1-4H3,(H,21,28)/t15-,16+,20+/m1/s1. The van der Waals surface area contributed by atoms with Crippen molar-refractivity contribution < 1.29 is 23.7 Å². The average molecular weight is 409 g/mol. The molecule has 2 aliphatic heterocycles. The minimum atomic E-state index is -0.993. The summed E-state index contributed by atoms with van der Waals surface area (Å²) in [7, 11) is 1.66. The lowest BCUT2D eigenvalue weighted by atomic mass is 9.79. The first-order valence-electron chi connectivity index (χ1n) is 9.66. The third kappa shape index (κ3) is 3.51. The Kier molecular flexibility index (Phi) is 6.30. The van der Waals surface area contributed by atoms with Gasteiger partial charge in [0.1, 0.15) is 5.92 Å². The molecule has 28 heavy (non-hydrogen) atoms. The minimum Gasteiger partial charge on any atom is -0.490 e. The predicted octanol–water partition coefficient (Wildman–Crippen LogP) is 2.64. The highest BCUT2D eigenvalue weighted by Gasteiger charge is 2.59. The maximum absolute atomic E-state index is 13.0. The van der Waals surface area contributed by atoms with Crippen LogP contribution in [0.1, 0.15) is 38.8 Å². The van der Waals surface area contributed by atoms with Gasteiger partial charge >= 0.3 is 5.97 Å². The number of carbonyl (C=O) groups is 1. The topological polar surface area (TPSA) is 69.3 Å². The fourth-order valence-corrected chi connectivity index (χ4v) is 4.39. The van der Waals surface area contributed by atoms with Gasteiger partial charge in [-0.2, -0.15) is 0 Å². The zero-order chi connectivity index (χ0) is 20.3. The molecule has 0 saturated carbocycles. The molecule has 2 aliphatic rings. The number of thiocarbonyl (C=S) groups is 1. The van der Waals surface area contributed by atoms with E-state index in [0.29, 0.717) is 43.0 Å². The Balaban J connectivity index is 2.07. The number of carbonyl (C=O) groups excluding carboxylic acids is 1. The monoisotopic (exact) mass is 408 g/mol. The quantitative estimate of drug-likeness (QED) is 0.400. The van der Waals surface area contributed by atoms with E-state index in [0.717, 1.165) is 12.0 Å². The van der Waals surface area contributed by atoms with Crippen molar-refractivity contribution >= 4 is 23.3 Å². The number of nitrogens with one attached hydrogen (secondary N) is 1. The lowest BCUT2D eigenvalue weighted by Crippen LogP contribution is -2.71. The number of ether oxygens (including phenoxy) is 4. The summed E-state index contributed by atoms with van der Waals surface area (Å²) in [5.74, 6) is 0.411. The summed E-state index contributed by atoms with van der Waals surface area (Å²) in [5.41, 5.74) is -0.145. The molecule has 7 nitrogen and oxygen atoms in total. The van der Waals surface area contributed by atoms with Crippen LogP contribution in [0.3, 0.4) is 0 Å². The molecule has 1 aromatic carbocycles. The highest BCUT2D eigenvalue weighted by atomic mass is 32.1. The Morgan fingerprint density at radius 2 is 2.14 bits per heavy atom. The zero-order valence-corrected chi connectivity index (χ0v) is 17.6. The van der Waals surface area contributed by atoms with Gasteiger partial charge in [0.05, 0.1) is 19.3 Å². The number of rotatable bonds is 8. The van der Waals surface area contributed by atoms with Crippen LogP contribution in [-0.4, -0.2) is 55.2 Å². The highest BCUT2D eigenvalue weighted by molar-refractivity contribution is 7.80. The third-order valence-corrected chi connectivity index (χ3v) is 5.53. The maximum atomic E-state index is 13.0. The summed E-state index contributed by atoms with van der Waals surface area (Å²) < 4.78 is 22.9. The molecule has 0 amide bonds. The number of methoxy groups -OCH3 is 1. The van der Waals surface area contributed by atoms with Crippen LogP contribution in [0.5, 0.6) is 11.5 Å². The summed E-state index contributed by atoms with van der Waals surface area (Å²) in [4.78, 5) is 14.9. The SMILES string of the molecule is CCOC(=O)[C@H]1[C@H]2NC(=S)N(CCCOC)[C@@]1(C)Oc1c(OCC)cccc12. The van der Waals surface area contributed by atoms with Gasteiger partial charge in [-0.1, -0.05) is 12.1 Å². The first-order chi connectivity index (χ1) is 13.5. The lowest BCUT2D eigenvalue weighted by molar-refractivity contribution is -0.175. The molecule has 154 valence electrons. The summed E-state index contributed by atoms with van der Waals surface area (Å²) in [6, 6.07) is 5.36. The molecule has 8 heteroatoms. The average Bonchev–Trinajstić information content (AvgIpc) is 2.65.